The summed E-state index contributed by atoms with van der Waals surface area (Å²) < 4.78 is 3.84. The van der Waals surface area contributed by atoms with Crippen molar-refractivity contribution in [2.45, 2.75) is 0 Å². The van der Waals surface area contributed by atoms with Gasteiger partial charge in [-0.25, -0.2) is 14.4 Å². The summed E-state index contributed by atoms with van der Waals surface area (Å²) in [6, 6.07) is 43.2. The van der Waals surface area contributed by atoms with E-state index in [1.165, 1.54) is 10.8 Å². The van der Waals surface area contributed by atoms with Crippen molar-refractivity contribution in [1.82, 2.24) is 18.9 Å². The van der Waals surface area contributed by atoms with E-state index >= 15 is 0 Å². The Labute approximate surface area is 244 Å². The maximum absolute atomic E-state index is 14.3. The molecule has 0 saturated carbocycles. The minimum absolute atomic E-state index is 0.137. The van der Waals surface area contributed by atoms with Crippen molar-refractivity contribution in [3.63, 3.8) is 0 Å². The summed E-state index contributed by atoms with van der Waals surface area (Å²) in [5.74, 6) is 0.527. The van der Waals surface area contributed by atoms with Crippen LogP contribution in [0.15, 0.2) is 132 Å². The van der Waals surface area contributed by atoms with E-state index in [1.807, 2.05) is 54.6 Å². The summed E-state index contributed by atoms with van der Waals surface area (Å²) in [6.07, 6.45) is 0. The smallest absolute Gasteiger partial charge is 0.268 e. The van der Waals surface area contributed by atoms with E-state index in [9.17, 15) is 4.79 Å². The van der Waals surface area contributed by atoms with E-state index in [1.54, 1.807) is 4.40 Å². The highest BCUT2D eigenvalue weighted by Gasteiger charge is 2.29. The van der Waals surface area contributed by atoms with E-state index in [0.29, 0.717) is 22.5 Å². The van der Waals surface area contributed by atoms with Crippen LogP contribution in [0.5, 0.6) is 0 Å². The minimum Gasteiger partial charge on any atom is -0.309 e. The highest BCUT2D eigenvalue weighted by molar-refractivity contribution is 6.31. The van der Waals surface area contributed by atoms with Crippen LogP contribution in [-0.4, -0.2) is 18.9 Å². The highest BCUT2D eigenvalue weighted by Crippen LogP contribution is 2.52. The summed E-state index contributed by atoms with van der Waals surface area (Å²) in [5.41, 5.74) is 7.23. The van der Waals surface area contributed by atoms with E-state index < -0.39 is 0 Å². The number of hydrogen-bond acceptors (Lipinski definition) is 4. The number of aromatic nitrogens is 4. The van der Waals surface area contributed by atoms with Crippen molar-refractivity contribution in [3.8, 4) is 5.95 Å². The zero-order chi connectivity index (χ0) is 28.2. The molecule has 43 heavy (non-hydrogen) atoms. The second-order valence-corrected chi connectivity index (χ2v) is 11.0. The van der Waals surface area contributed by atoms with Crippen molar-refractivity contribution in [3.05, 3.63) is 138 Å². The molecule has 3 aromatic heterocycles. The third-order valence-corrected chi connectivity index (χ3v) is 8.79. The molecule has 0 N–H and O–H groups in total. The molecule has 0 aliphatic carbocycles. The van der Waals surface area contributed by atoms with Crippen LogP contribution < -0.4 is 10.5 Å². The fraction of sp³-hybridized carbons (Fsp3) is 0. The van der Waals surface area contributed by atoms with Crippen molar-refractivity contribution < 1.29 is 0 Å². The van der Waals surface area contributed by atoms with E-state index in [0.717, 1.165) is 49.8 Å². The molecule has 0 atom stereocenters. The number of nitrogens with zero attached hydrogens (tertiary/aromatic N) is 5. The second-order valence-electron chi connectivity index (χ2n) is 11.0. The lowest BCUT2D eigenvalue weighted by atomic mass is 9.96. The maximum Gasteiger partial charge on any atom is 0.268 e. The number of para-hydroxylation sites is 3. The molecule has 6 nitrogen and oxygen atoms in total. The Hall–Kier alpha value is -6.01. The molecule has 0 fully saturated rings. The van der Waals surface area contributed by atoms with Crippen molar-refractivity contribution in [1.29, 1.82) is 0 Å². The van der Waals surface area contributed by atoms with Gasteiger partial charge in [0.25, 0.3) is 5.56 Å². The number of hydrogen-bond donors (Lipinski definition) is 0. The Balaban J connectivity index is 1.45. The lowest BCUT2D eigenvalue weighted by Crippen LogP contribution is -2.21. The molecule has 0 bridgehead atoms. The lowest BCUT2D eigenvalue weighted by Gasteiger charge is -2.30. The molecule has 6 heteroatoms. The number of fused-ring (bicyclic) bond motifs is 4. The second kappa shape index (κ2) is 8.05. The van der Waals surface area contributed by atoms with Gasteiger partial charge in [-0.1, -0.05) is 66.7 Å². The summed E-state index contributed by atoms with van der Waals surface area (Å²) in [5, 5.41) is 6.05. The zero-order valence-corrected chi connectivity index (χ0v) is 22.8. The maximum atomic E-state index is 14.3. The number of rotatable bonds is 2. The van der Waals surface area contributed by atoms with Crippen LogP contribution in [0.2, 0.25) is 0 Å². The molecular formula is C37H21N5O. The van der Waals surface area contributed by atoms with Crippen molar-refractivity contribution >= 4 is 77.1 Å². The topological polar surface area (TPSA) is 55.4 Å². The van der Waals surface area contributed by atoms with Gasteiger partial charge in [0.1, 0.15) is 0 Å². The van der Waals surface area contributed by atoms with Crippen LogP contribution in [0.25, 0.3) is 66.0 Å². The van der Waals surface area contributed by atoms with Gasteiger partial charge in [-0.05, 0) is 66.0 Å². The lowest BCUT2D eigenvalue weighted by molar-refractivity contribution is 0.927. The van der Waals surface area contributed by atoms with Gasteiger partial charge >= 0.3 is 0 Å². The Morgan fingerprint density at radius 3 is 2.02 bits per heavy atom. The molecule has 6 aromatic carbocycles. The third-order valence-electron chi connectivity index (χ3n) is 8.79. The van der Waals surface area contributed by atoms with Gasteiger partial charge in [0.2, 0.25) is 5.95 Å². The molecule has 10 rings (SSSR count). The normalized spacial score (nSPS) is 12.7. The van der Waals surface area contributed by atoms with E-state index in [4.69, 9.17) is 9.97 Å². The molecular weight excluding hydrogens is 530 g/mol. The molecule has 1 aliphatic heterocycles. The van der Waals surface area contributed by atoms with Crippen molar-refractivity contribution in [2.24, 2.45) is 0 Å². The number of benzene rings is 6. The van der Waals surface area contributed by atoms with Gasteiger partial charge in [0.15, 0.2) is 5.65 Å². The first-order chi connectivity index (χ1) is 21.3. The average molecular weight is 552 g/mol. The molecule has 4 heterocycles. The van der Waals surface area contributed by atoms with Gasteiger partial charge in [-0.2, -0.15) is 0 Å². The van der Waals surface area contributed by atoms with Crippen LogP contribution in [0, 0.1) is 0 Å². The summed E-state index contributed by atoms with van der Waals surface area (Å²) in [6.45, 7) is 0. The van der Waals surface area contributed by atoms with Crippen molar-refractivity contribution in [2.75, 3.05) is 4.90 Å². The van der Waals surface area contributed by atoms with Gasteiger partial charge in [-0.3, -0.25) is 9.36 Å². The first-order valence-electron chi connectivity index (χ1n) is 14.3. The summed E-state index contributed by atoms with van der Waals surface area (Å²) in [4.78, 5) is 26.9. The largest absolute Gasteiger partial charge is 0.309 e. The number of anilines is 3. The molecule has 0 amide bonds. The fourth-order valence-electron chi connectivity index (χ4n) is 7.03. The van der Waals surface area contributed by atoms with E-state index in [2.05, 4.69) is 82.3 Å². The molecule has 200 valence electrons. The third kappa shape index (κ3) is 2.84. The van der Waals surface area contributed by atoms with Gasteiger partial charge < -0.3 is 4.90 Å². The Kier molecular flexibility index (Phi) is 4.24. The molecule has 0 radical (unpaired) electrons. The Morgan fingerprint density at radius 1 is 0.512 bits per heavy atom. The standard InChI is InChI=1S/C37H21N5O/c43-36-25-14-5-7-16-27(25)38-35-24-13-4-6-15-26(24)39-37(42(35)36)41-30-19-9-18-29-33(30)34-31(41)21-20-22-10-8-17-28(32(22)34)40(29)23-11-2-1-3-12-23/h1-21H. The van der Waals surface area contributed by atoms with Crippen LogP contribution in [0.1, 0.15) is 0 Å². The summed E-state index contributed by atoms with van der Waals surface area (Å²) >= 11 is 0. The molecule has 0 saturated heterocycles. The van der Waals surface area contributed by atoms with Gasteiger partial charge in [0.05, 0.1) is 38.8 Å². The first-order valence-corrected chi connectivity index (χ1v) is 14.3. The minimum atomic E-state index is -0.137. The molecule has 1 aliphatic rings. The van der Waals surface area contributed by atoms with E-state index in [-0.39, 0.29) is 5.56 Å². The SMILES string of the molecule is O=c1c2ccccc2nc2c3ccccc3nc(-n3c4cccc5c4c4c6c(cccc6ccc43)N5c3ccccc3)n12. The predicted molar refractivity (Wildman–Crippen MR) is 174 cm³/mol. The summed E-state index contributed by atoms with van der Waals surface area (Å²) in [7, 11) is 0. The quantitative estimate of drug-likeness (QED) is 0.160. The highest BCUT2D eigenvalue weighted by atomic mass is 16.1. The molecule has 9 aromatic rings. The van der Waals surface area contributed by atoms with Gasteiger partial charge in [-0.15, -0.1) is 0 Å². The zero-order valence-electron chi connectivity index (χ0n) is 22.8. The molecule has 0 spiro atoms. The van der Waals surface area contributed by atoms with Crippen LogP contribution in [0.4, 0.5) is 17.1 Å². The Morgan fingerprint density at radius 2 is 1.19 bits per heavy atom. The van der Waals surface area contributed by atoms with Gasteiger partial charge in [0, 0.05) is 27.2 Å². The fourth-order valence-corrected chi connectivity index (χ4v) is 7.03. The molecule has 0 unspecified atom stereocenters. The van der Waals surface area contributed by atoms with Crippen LogP contribution in [0.3, 0.4) is 0 Å². The van der Waals surface area contributed by atoms with Crippen LogP contribution in [-0.2, 0) is 0 Å². The predicted octanol–water partition coefficient (Wildman–Crippen LogP) is 8.43. The Bertz CT molecular complexity index is 2710. The first kappa shape index (κ1) is 22.7. The monoisotopic (exact) mass is 551 g/mol. The van der Waals surface area contributed by atoms with Crippen LogP contribution >= 0.6 is 0 Å². The average Bonchev–Trinajstić information content (AvgIpc) is 3.40.